The number of amides is 1. The molecule has 4 heterocycles. The summed E-state index contributed by atoms with van der Waals surface area (Å²) in [6.07, 6.45) is 9.56. The smallest absolute Gasteiger partial charge is 0.209 e. The van der Waals surface area contributed by atoms with Gasteiger partial charge >= 0.3 is 0 Å². The first kappa shape index (κ1) is 22.1. The van der Waals surface area contributed by atoms with E-state index in [0.717, 1.165) is 73.4 Å². The number of ether oxygens (including phenoxy) is 2. The third-order valence-electron chi connectivity index (χ3n) is 6.36. The highest BCUT2D eigenvalue weighted by Crippen LogP contribution is 2.32. The predicted octanol–water partition coefficient (Wildman–Crippen LogP) is 3.06. The number of rotatable bonds is 7. The molecule has 1 amide bonds. The maximum atomic E-state index is 11.0. The number of fused-ring (bicyclic) bond motifs is 1. The summed E-state index contributed by atoms with van der Waals surface area (Å²) in [6.45, 7) is 5.62. The van der Waals surface area contributed by atoms with E-state index in [0.29, 0.717) is 24.4 Å². The summed E-state index contributed by atoms with van der Waals surface area (Å²) in [5.41, 5.74) is 4.22. The number of hydrogen-bond acceptors (Lipinski definition) is 6. The van der Waals surface area contributed by atoms with Crippen LogP contribution in [0.2, 0.25) is 0 Å². The molecule has 2 aliphatic rings. The van der Waals surface area contributed by atoms with Gasteiger partial charge in [0.05, 0.1) is 25.3 Å². The molecule has 34 heavy (non-hydrogen) atoms. The minimum Gasteiger partial charge on any atom is -0.487 e. The van der Waals surface area contributed by atoms with Gasteiger partial charge in [0.25, 0.3) is 0 Å². The molecule has 0 bridgehead atoms. The average Bonchev–Trinajstić information content (AvgIpc) is 3.51. The number of likely N-dealkylation sites (tertiary alicyclic amines) is 1. The van der Waals surface area contributed by atoms with Crippen LogP contribution in [0.5, 0.6) is 5.75 Å². The third-order valence-corrected chi connectivity index (χ3v) is 6.36. The molecule has 5 rings (SSSR count). The number of carbonyl (C=O) groups excluding carboxylic acids is 1. The van der Waals surface area contributed by atoms with E-state index in [9.17, 15) is 10.1 Å². The molecule has 2 fully saturated rings. The number of nitrogens with one attached hydrogen (secondary N) is 1. The Balaban J connectivity index is 1.35. The zero-order valence-corrected chi connectivity index (χ0v) is 18.9. The quantitative estimate of drug-likeness (QED) is 0.548. The molecule has 1 atom stereocenters. The second kappa shape index (κ2) is 10.1. The number of pyridine rings is 1. The molecule has 8 nitrogen and oxygen atoms in total. The van der Waals surface area contributed by atoms with E-state index < -0.39 is 0 Å². The maximum absolute atomic E-state index is 11.0. The first-order valence-corrected chi connectivity index (χ1v) is 11.6. The van der Waals surface area contributed by atoms with Crippen LogP contribution < -0.4 is 4.74 Å². The summed E-state index contributed by atoms with van der Waals surface area (Å²) < 4.78 is 11.4. The number of carbonyl (C=O) groups is 1. The van der Waals surface area contributed by atoms with Crippen molar-refractivity contribution in [1.29, 1.82) is 5.26 Å². The summed E-state index contributed by atoms with van der Waals surface area (Å²) in [4.78, 5) is 22.8. The van der Waals surface area contributed by atoms with Crippen molar-refractivity contribution in [3.8, 4) is 22.9 Å². The van der Waals surface area contributed by atoms with Crippen LogP contribution in [0.25, 0.3) is 28.2 Å². The number of aromatic amines is 1. The van der Waals surface area contributed by atoms with E-state index in [1.807, 2.05) is 30.6 Å². The topological polar surface area (TPSA) is 94.5 Å². The van der Waals surface area contributed by atoms with Crippen LogP contribution in [-0.4, -0.2) is 78.2 Å². The van der Waals surface area contributed by atoms with E-state index in [4.69, 9.17) is 9.47 Å². The Bertz CT molecular complexity index is 1240. The van der Waals surface area contributed by atoms with Crippen molar-refractivity contribution in [2.45, 2.75) is 12.5 Å². The third kappa shape index (κ3) is 4.81. The zero-order chi connectivity index (χ0) is 23.3. The lowest BCUT2D eigenvalue weighted by Crippen LogP contribution is -2.36. The fraction of sp³-hybridized carbons (Fsp3) is 0.346. The maximum Gasteiger partial charge on any atom is 0.209 e. The second-order valence-corrected chi connectivity index (χ2v) is 8.63. The highest BCUT2D eigenvalue weighted by atomic mass is 16.5. The van der Waals surface area contributed by atoms with E-state index >= 15 is 0 Å². The largest absolute Gasteiger partial charge is 0.487 e. The van der Waals surface area contributed by atoms with Crippen LogP contribution in [0, 0.1) is 11.3 Å². The number of morpholine rings is 1. The SMILES string of the molecule is N#Cc1cc(-c2c[nH]c3ncc(C=CCN4CCOCC4)cc23)ccc1OC1CCN(C=O)C1. The first-order valence-electron chi connectivity index (χ1n) is 11.6. The van der Waals surface area contributed by atoms with Gasteiger partial charge in [-0.1, -0.05) is 18.2 Å². The van der Waals surface area contributed by atoms with Crippen molar-refractivity contribution in [3.05, 3.63) is 53.9 Å². The van der Waals surface area contributed by atoms with Gasteiger partial charge in [-0.2, -0.15) is 5.26 Å². The standard InChI is InChI=1S/C26H27N5O3/c27-14-21-13-20(3-4-25(21)34-22-5-7-31(17-22)18-32)24-16-29-26-23(24)12-19(15-28-26)2-1-6-30-8-10-33-11-9-30/h1-4,12-13,15-16,18,22H,5-11,17H2,(H,28,29). The lowest BCUT2D eigenvalue weighted by atomic mass is 10.0. The Labute approximate surface area is 198 Å². The summed E-state index contributed by atoms with van der Waals surface area (Å²) >= 11 is 0. The Morgan fingerprint density at radius 3 is 2.94 bits per heavy atom. The first-order chi connectivity index (χ1) is 16.7. The number of benzene rings is 1. The van der Waals surface area contributed by atoms with Gasteiger partial charge in [-0.05, 0) is 29.3 Å². The highest BCUT2D eigenvalue weighted by Gasteiger charge is 2.23. The van der Waals surface area contributed by atoms with Crippen LogP contribution in [0.1, 0.15) is 17.5 Å². The molecule has 174 valence electrons. The number of aromatic nitrogens is 2. The number of nitrogens with zero attached hydrogens (tertiary/aromatic N) is 4. The highest BCUT2D eigenvalue weighted by molar-refractivity contribution is 5.95. The molecule has 2 saturated heterocycles. The van der Waals surface area contributed by atoms with Crippen molar-refractivity contribution in [2.75, 3.05) is 45.9 Å². The molecule has 0 saturated carbocycles. The molecule has 0 radical (unpaired) electrons. The van der Waals surface area contributed by atoms with Gasteiger partial charge in [0.1, 0.15) is 23.6 Å². The monoisotopic (exact) mass is 457 g/mol. The zero-order valence-electron chi connectivity index (χ0n) is 18.9. The van der Waals surface area contributed by atoms with Crippen LogP contribution >= 0.6 is 0 Å². The summed E-state index contributed by atoms with van der Waals surface area (Å²) in [5.74, 6) is 0.550. The molecule has 0 aliphatic carbocycles. The predicted molar refractivity (Wildman–Crippen MR) is 129 cm³/mol. The minimum atomic E-state index is -0.0905. The molecule has 3 aromatic rings. The second-order valence-electron chi connectivity index (χ2n) is 8.63. The van der Waals surface area contributed by atoms with Crippen LogP contribution in [-0.2, 0) is 9.53 Å². The van der Waals surface area contributed by atoms with Crippen LogP contribution in [0.4, 0.5) is 0 Å². The normalized spacial score (nSPS) is 19.0. The van der Waals surface area contributed by atoms with Crippen molar-refractivity contribution in [1.82, 2.24) is 19.8 Å². The van der Waals surface area contributed by atoms with E-state index in [1.165, 1.54) is 0 Å². The summed E-state index contributed by atoms with van der Waals surface area (Å²) in [5, 5.41) is 10.7. The van der Waals surface area contributed by atoms with E-state index in [1.54, 1.807) is 4.90 Å². The van der Waals surface area contributed by atoms with Crippen LogP contribution in [0.15, 0.2) is 42.7 Å². The van der Waals surface area contributed by atoms with Crippen molar-refractivity contribution < 1.29 is 14.3 Å². The molecular weight excluding hydrogens is 430 g/mol. The Kier molecular flexibility index (Phi) is 6.56. The van der Waals surface area contributed by atoms with Crippen molar-refractivity contribution in [2.24, 2.45) is 0 Å². The average molecular weight is 458 g/mol. The van der Waals surface area contributed by atoms with E-state index in [-0.39, 0.29) is 6.10 Å². The molecule has 1 N–H and O–H groups in total. The van der Waals surface area contributed by atoms with Gasteiger partial charge in [0.2, 0.25) is 6.41 Å². The summed E-state index contributed by atoms with van der Waals surface area (Å²) in [7, 11) is 0. The number of hydrogen-bond donors (Lipinski definition) is 1. The number of nitriles is 1. The molecular formula is C26H27N5O3. The minimum absolute atomic E-state index is 0.0905. The lowest BCUT2D eigenvalue weighted by Gasteiger charge is -2.25. The molecule has 2 aliphatic heterocycles. The van der Waals surface area contributed by atoms with Gasteiger partial charge < -0.3 is 19.4 Å². The lowest BCUT2D eigenvalue weighted by molar-refractivity contribution is -0.117. The molecule has 0 spiro atoms. The van der Waals surface area contributed by atoms with Gasteiger partial charge in [-0.15, -0.1) is 0 Å². The Morgan fingerprint density at radius 2 is 2.15 bits per heavy atom. The van der Waals surface area contributed by atoms with Crippen molar-refractivity contribution >= 4 is 23.5 Å². The van der Waals surface area contributed by atoms with Gasteiger partial charge in [-0.25, -0.2) is 4.98 Å². The van der Waals surface area contributed by atoms with E-state index in [2.05, 4.69) is 39.2 Å². The fourth-order valence-corrected chi connectivity index (χ4v) is 4.48. The van der Waals surface area contributed by atoms with Gasteiger partial charge in [0, 0.05) is 55.9 Å². The van der Waals surface area contributed by atoms with Gasteiger partial charge in [0.15, 0.2) is 0 Å². The summed E-state index contributed by atoms with van der Waals surface area (Å²) in [6, 6.07) is 10.0. The Morgan fingerprint density at radius 1 is 1.26 bits per heavy atom. The number of H-pyrrole nitrogens is 1. The fourth-order valence-electron chi connectivity index (χ4n) is 4.48. The molecule has 8 heteroatoms. The molecule has 1 aromatic carbocycles. The van der Waals surface area contributed by atoms with Gasteiger partial charge in [-0.3, -0.25) is 9.69 Å². The Hall–Kier alpha value is -3.67. The van der Waals surface area contributed by atoms with Crippen LogP contribution in [0.3, 0.4) is 0 Å². The van der Waals surface area contributed by atoms with Crippen molar-refractivity contribution in [3.63, 3.8) is 0 Å². The molecule has 1 unspecified atom stereocenters. The molecule has 2 aromatic heterocycles.